The Kier molecular flexibility index (Phi) is 7.34. The monoisotopic (exact) mass is 461 g/mol. The Morgan fingerprint density at radius 1 is 1.14 bits per heavy atom. The van der Waals surface area contributed by atoms with E-state index >= 15 is 0 Å². The summed E-state index contributed by atoms with van der Waals surface area (Å²) in [6.07, 6.45) is -0.480. The first-order chi connectivity index (χ1) is 13.6. The molecule has 2 aromatic rings. The Morgan fingerprint density at radius 3 is 2.31 bits per heavy atom. The lowest BCUT2D eigenvalue weighted by Gasteiger charge is -2.13. The van der Waals surface area contributed by atoms with Gasteiger partial charge in [0.15, 0.2) is 15.6 Å². The van der Waals surface area contributed by atoms with E-state index in [-0.39, 0.29) is 37.9 Å². The van der Waals surface area contributed by atoms with Gasteiger partial charge in [-0.2, -0.15) is 0 Å². The smallest absolute Gasteiger partial charge is 0.315 e. The predicted molar refractivity (Wildman–Crippen MR) is 108 cm³/mol. The molecule has 0 aliphatic rings. The first-order valence-electron chi connectivity index (χ1n) is 8.16. The Hall–Kier alpha value is -2.49. The zero-order chi connectivity index (χ0) is 21.8. The number of methoxy groups -OCH3 is 1. The summed E-state index contributed by atoms with van der Waals surface area (Å²) in [4.78, 5) is 22.6. The van der Waals surface area contributed by atoms with Crippen molar-refractivity contribution in [3.63, 3.8) is 0 Å². The van der Waals surface area contributed by atoms with Crippen molar-refractivity contribution < 1.29 is 32.6 Å². The van der Waals surface area contributed by atoms with Gasteiger partial charge in [-0.15, -0.1) is 0 Å². The van der Waals surface area contributed by atoms with Gasteiger partial charge in [-0.05, 0) is 24.3 Å². The van der Waals surface area contributed by atoms with Crippen molar-refractivity contribution in [3.8, 4) is 17.2 Å². The second kappa shape index (κ2) is 9.34. The number of nitrogens with one attached hydrogen (secondary N) is 1. The lowest BCUT2D eigenvalue weighted by Crippen LogP contribution is -2.17. The number of hydrogen-bond acceptors (Lipinski definition) is 7. The van der Waals surface area contributed by atoms with Gasteiger partial charge < -0.3 is 19.9 Å². The molecule has 156 valence electrons. The molecule has 0 saturated carbocycles. The van der Waals surface area contributed by atoms with Crippen LogP contribution in [0.15, 0.2) is 35.2 Å². The molecule has 11 heteroatoms. The maximum atomic E-state index is 12.1. The fraction of sp³-hybridized carbons (Fsp3) is 0.222. The van der Waals surface area contributed by atoms with Gasteiger partial charge >= 0.3 is 5.97 Å². The van der Waals surface area contributed by atoms with Crippen LogP contribution in [-0.4, -0.2) is 38.3 Å². The van der Waals surface area contributed by atoms with Crippen LogP contribution >= 0.6 is 23.2 Å². The lowest BCUT2D eigenvalue weighted by atomic mass is 10.2. The molecule has 0 atom stereocenters. The normalized spacial score (nSPS) is 11.0. The van der Waals surface area contributed by atoms with E-state index < -0.39 is 33.9 Å². The van der Waals surface area contributed by atoms with E-state index in [0.717, 1.165) is 13.2 Å². The van der Waals surface area contributed by atoms with E-state index in [1.54, 1.807) is 0 Å². The second-order valence-corrected chi connectivity index (χ2v) is 8.77. The van der Waals surface area contributed by atoms with E-state index in [4.69, 9.17) is 27.9 Å². The summed E-state index contributed by atoms with van der Waals surface area (Å²) in [7, 11) is -2.51. The third-order valence-electron chi connectivity index (χ3n) is 3.68. The predicted octanol–water partition coefficient (Wildman–Crippen LogP) is 3.79. The van der Waals surface area contributed by atoms with Crippen LogP contribution in [0.25, 0.3) is 0 Å². The van der Waals surface area contributed by atoms with Crippen LogP contribution in [0.5, 0.6) is 17.2 Å². The van der Waals surface area contributed by atoms with E-state index in [2.05, 4.69) is 10.1 Å². The number of carbonyl (C=O) groups is 2. The SMILES string of the molecule is CCS(=O)(=O)c1cc(Oc2c(Cl)cc(NC(=O)CC(=O)OC)cc2Cl)ccc1O. The second-order valence-electron chi connectivity index (χ2n) is 5.71. The van der Waals surface area contributed by atoms with Gasteiger partial charge in [0.2, 0.25) is 5.91 Å². The molecule has 0 radical (unpaired) electrons. The van der Waals surface area contributed by atoms with Gasteiger partial charge in [-0.25, -0.2) is 8.42 Å². The van der Waals surface area contributed by atoms with Crippen LogP contribution in [0, 0.1) is 0 Å². The molecule has 0 fully saturated rings. The number of esters is 1. The maximum Gasteiger partial charge on any atom is 0.315 e. The fourth-order valence-electron chi connectivity index (χ4n) is 2.22. The summed E-state index contributed by atoms with van der Waals surface area (Å²) < 4.78 is 34.1. The Morgan fingerprint density at radius 2 is 1.76 bits per heavy atom. The van der Waals surface area contributed by atoms with Gasteiger partial charge in [-0.3, -0.25) is 9.59 Å². The van der Waals surface area contributed by atoms with Gasteiger partial charge in [0.25, 0.3) is 0 Å². The molecular weight excluding hydrogens is 445 g/mol. The molecule has 1 amide bonds. The molecule has 0 aliphatic carbocycles. The molecule has 2 rings (SSSR count). The number of phenols is 1. The number of amides is 1. The number of carbonyl (C=O) groups excluding carboxylic acids is 2. The quantitative estimate of drug-likeness (QED) is 0.475. The summed E-state index contributed by atoms with van der Waals surface area (Å²) in [6, 6.07) is 6.39. The molecule has 8 nitrogen and oxygen atoms in total. The molecule has 0 heterocycles. The van der Waals surface area contributed by atoms with E-state index in [0.29, 0.717) is 0 Å². The number of ether oxygens (including phenoxy) is 2. The number of halogens is 2. The highest BCUT2D eigenvalue weighted by molar-refractivity contribution is 7.91. The van der Waals surface area contributed by atoms with Gasteiger partial charge in [0.05, 0.1) is 22.9 Å². The third kappa shape index (κ3) is 5.75. The van der Waals surface area contributed by atoms with Crippen LogP contribution in [0.2, 0.25) is 10.0 Å². The van der Waals surface area contributed by atoms with Crippen molar-refractivity contribution in [3.05, 3.63) is 40.4 Å². The van der Waals surface area contributed by atoms with Crippen LogP contribution in [0.1, 0.15) is 13.3 Å². The summed E-state index contributed by atoms with van der Waals surface area (Å²) in [5.41, 5.74) is 0.223. The molecule has 0 bridgehead atoms. The van der Waals surface area contributed by atoms with Crippen molar-refractivity contribution in [1.82, 2.24) is 0 Å². The van der Waals surface area contributed by atoms with E-state index in [9.17, 15) is 23.1 Å². The van der Waals surface area contributed by atoms with Gasteiger partial charge in [0, 0.05) is 11.8 Å². The molecule has 0 saturated heterocycles. The number of benzene rings is 2. The Bertz CT molecular complexity index is 1030. The number of aromatic hydroxyl groups is 1. The zero-order valence-electron chi connectivity index (χ0n) is 15.4. The third-order valence-corrected chi connectivity index (χ3v) is 6.00. The fourth-order valence-corrected chi connectivity index (χ4v) is 3.78. The first kappa shape index (κ1) is 22.8. The highest BCUT2D eigenvalue weighted by atomic mass is 35.5. The molecule has 0 aliphatic heterocycles. The molecule has 0 spiro atoms. The Balaban J connectivity index is 2.28. The molecule has 0 aromatic heterocycles. The number of phenolic OH excluding ortho intramolecular Hbond substituents is 1. The summed E-state index contributed by atoms with van der Waals surface area (Å²) in [6.45, 7) is 1.45. The standard InChI is InChI=1S/C18H17Cl2NO7S/c1-3-29(25,26)15-8-11(4-5-14(15)22)28-18-12(19)6-10(7-13(18)20)21-16(23)9-17(24)27-2/h4-8,22H,3,9H2,1-2H3,(H,21,23). The summed E-state index contributed by atoms with van der Waals surface area (Å²) in [5, 5.41) is 12.3. The number of sulfone groups is 1. The minimum Gasteiger partial charge on any atom is -0.507 e. The van der Waals surface area contributed by atoms with Crippen LogP contribution in [0.4, 0.5) is 5.69 Å². The number of rotatable bonds is 7. The Labute approximate surface area is 177 Å². The van der Waals surface area contributed by atoms with Crippen LogP contribution in [0.3, 0.4) is 0 Å². The van der Waals surface area contributed by atoms with Gasteiger partial charge in [-0.1, -0.05) is 30.1 Å². The number of hydrogen-bond donors (Lipinski definition) is 2. The zero-order valence-corrected chi connectivity index (χ0v) is 17.7. The summed E-state index contributed by atoms with van der Waals surface area (Å²) >= 11 is 12.3. The topological polar surface area (TPSA) is 119 Å². The molecule has 2 N–H and O–H groups in total. The molecular formula is C18H17Cl2NO7S. The molecule has 2 aromatic carbocycles. The van der Waals surface area contributed by atoms with E-state index in [1.807, 2.05) is 0 Å². The van der Waals surface area contributed by atoms with Crippen molar-refractivity contribution in [2.75, 3.05) is 18.2 Å². The molecule has 0 unspecified atom stereocenters. The van der Waals surface area contributed by atoms with Crippen LogP contribution in [-0.2, 0) is 24.2 Å². The largest absolute Gasteiger partial charge is 0.507 e. The minimum atomic E-state index is -3.68. The minimum absolute atomic E-state index is 0.0184. The van der Waals surface area contributed by atoms with Crippen molar-refractivity contribution in [1.29, 1.82) is 0 Å². The van der Waals surface area contributed by atoms with Crippen molar-refractivity contribution >= 4 is 50.6 Å². The highest BCUT2D eigenvalue weighted by Crippen LogP contribution is 2.40. The average Bonchev–Trinajstić information content (AvgIpc) is 2.65. The lowest BCUT2D eigenvalue weighted by molar-refractivity contribution is -0.142. The number of anilines is 1. The first-order valence-corrected chi connectivity index (χ1v) is 10.6. The van der Waals surface area contributed by atoms with E-state index in [1.165, 1.54) is 31.2 Å². The van der Waals surface area contributed by atoms with Gasteiger partial charge in [0.1, 0.15) is 22.8 Å². The summed E-state index contributed by atoms with van der Waals surface area (Å²) in [5.74, 6) is -1.83. The van der Waals surface area contributed by atoms with Crippen molar-refractivity contribution in [2.24, 2.45) is 0 Å². The van der Waals surface area contributed by atoms with Crippen LogP contribution < -0.4 is 10.1 Å². The van der Waals surface area contributed by atoms with Crippen molar-refractivity contribution in [2.45, 2.75) is 18.2 Å². The molecule has 29 heavy (non-hydrogen) atoms. The maximum absolute atomic E-state index is 12.1. The average molecular weight is 462 g/mol. The highest BCUT2D eigenvalue weighted by Gasteiger charge is 2.19.